The Balaban J connectivity index is 1.59. The second-order valence-electron chi connectivity index (χ2n) is 10.6. The molecule has 10 heteroatoms. The van der Waals surface area contributed by atoms with Gasteiger partial charge < -0.3 is 14.4 Å². The first-order valence-corrected chi connectivity index (χ1v) is 14.4. The van der Waals surface area contributed by atoms with Crippen molar-refractivity contribution in [2.45, 2.75) is 52.2 Å². The summed E-state index contributed by atoms with van der Waals surface area (Å²) in [6, 6.07) is 8.13. The Hall–Kier alpha value is -3.27. The minimum atomic E-state index is -2.31. The number of ether oxygens (including phenoxy) is 2. The quantitative estimate of drug-likeness (QED) is 0.439. The van der Waals surface area contributed by atoms with Crippen molar-refractivity contribution in [1.29, 1.82) is 0 Å². The average molecular weight is 529 g/mol. The van der Waals surface area contributed by atoms with Gasteiger partial charge in [-0.2, -0.15) is 4.36 Å². The molecule has 0 radical (unpaired) electrons. The van der Waals surface area contributed by atoms with Crippen molar-refractivity contribution in [3.05, 3.63) is 59.3 Å². The summed E-state index contributed by atoms with van der Waals surface area (Å²) in [6.07, 6.45) is 5.02. The molecule has 0 unspecified atom stereocenters. The highest BCUT2D eigenvalue weighted by Crippen LogP contribution is 2.31. The normalized spacial score (nSPS) is 16.2. The highest BCUT2D eigenvalue weighted by atomic mass is 32.2. The van der Waals surface area contributed by atoms with Crippen molar-refractivity contribution in [3.63, 3.8) is 0 Å². The Bertz CT molecular complexity index is 1450. The van der Waals surface area contributed by atoms with Gasteiger partial charge in [-0.25, -0.2) is 23.4 Å². The first-order chi connectivity index (χ1) is 17.3. The van der Waals surface area contributed by atoms with Gasteiger partial charge in [-0.15, -0.1) is 0 Å². The number of rotatable bonds is 5. The lowest BCUT2D eigenvalue weighted by molar-refractivity contribution is 0.0275. The number of amides is 1. The minimum absolute atomic E-state index is 0.279. The van der Waals surface area contributed by atoms with E-state index in [1.54, 1.807) is 29.5 Å². The molecule has 1 aliphatic rings. The molecule has 1 aliphatic heterocycles. The molecule has 4 rings (SSSR count). The standard InChI is InChI=1S/C27H33FN4O4S/c1-17-11-20(31-37(5,6)34)14-23-25(17)22(29-16-30-23)12-18-7-8-19(28)13-24(18)35-21-9-10-32(15-21)26(33)36-27(2,3)4/h7-8,11,13-14,16,21H,9-10,12,15H2,1-6H3/t21-/m1/s1. The molecule has 1 aromatic heterocycles. The summed E-state index contributed by atoms with van der Waals surface area (Å²) in [7, 11) is -2.31. The van der Waals surface area contributed by atoms with Gasteiger partial charge in [0.15, 0.2) is 0 Å². The number of likely N-dealkylation sites (tertiary alicyclic amines) is 1. The lowest BCUT2D eigenvalue weighted by Crippen LogP contribution is -2.36. The number of halogens is 1. The summed E-state index contributed by atoms with van der Waals surface area (Å²) in [5, 5.41) is 0.868. The molecule has 1 saturated heterocycles. The first kappa shape index (κ1) is 26.8. The van der Waals surface area contributed by atoms with E-state index in [-0.39, 0.29) is 12.2 Å². The maximum atomic E-state index is 14.2. The van der Waals surface area contributed by atoms with Crippen LogP contribution in [-0.2, 0) is 20.9 Å². The fourth-order valence-corrected chi connectivity index (χ4v) is 4.97. The van der Waals surface area contributed by atoms with E-state index in [1.807, 2.05) is 33.8 Å². The fraction of sp³-hybridized carbons (Fsp3) is 0.444. The molecule has 1 fully saturated rings. The molecule has 0 spiro atoms. The van der Waals surface area contributed by atoms with Gasteiger partial charge in [-0.1, -0.05) is 6.07 Å². The first-order valence-electron chi connectivity index (χ1n) is 12.1. The maximum Gasteiger partial charge on any atom is 0.410 e. The predicted molar refractivity (Wildman–Crippen MR) is 142 cm³/mol. The molecule has 2 heterocycles. The van der Waals surface area contributed by atoms with Crippen LogP contribution in [0.2, 0.25) is 0 Å². The second kappa shape index (κ2) is 10.2. The molecule has 8 nitrogen and oxygen atoms in total. The lowest BCUT2D eigenvalue weighted by Gasteiger charge is -2.24. The van der Waals surface area contributed by atoms with E-state index in [0.29, 0.717) is 42.9 Å². The Labute approximate surface area is 217 Å². The van der Waals surface area contributed by atoms with Crippen LogP contribution in [0.1, 0.15) is 44.0 Å². The highest BCUT2D eigenvalue weighted by molar-refractivity contribution is 7.92. The van der Waals surface area contributed by atoms with Crippen LogP contribution in [0.5, 0.6) is 5.75 Å². The van der Waals surface area contributed by atoms with E-state index in [0.717, 1.165) is 22.2 Å². The molecule has 1 amide bonds. The van der Waals surface area contributed by atoms with Crippen LogP contribution in [0.4, 0.5) is 14.9 Å². The van der Waals surface area contributed by atoms with Crippen molar-refractivity contribution >= 4 is 32.4 Å². The molecule has 198 valence electrons. The Morgan fingerprint density at radius 2 is 1.97 bits per heavy atom. The summed E-state index contributed by atoms with van der Waals surface area (Å²) in [5.41, 5.74) is 3.16. The number of carbonyl (C=O) groups excluding carboxylic acids is 1. The van der Waals surface area contributed by atoms with Crippen molar-refractivity contribution in [2.24, 2.45) is 4.36 Å². The number of nitrogens with zero attached hydrogens (tertiary/aromatic N) is 4. The van der Waals surface area contributed by atoms with Crippen LogP contribution in [-0.4, -0.2) is 62.5 Å². The zero-order valence-electron chi connectivity index (χ0n) is 22.1. The van der Waals surface area contributed by atoms with Crippen LogP contribution in [0.25, 0.3) is 10.9 Å². The molecule has 2 aromatic carbocycles. The Kier molecular flexibility index (Phi) is 7.41. The largest absolute Gasteiger partial charge is 0.488 e. The molecule has 0 bridgehead atoms. The summed E-state index contributed by atoms with van der Waals surface area (Å²) in [4.78, 5) is 23.0. The number of hydrogen-bond donors (Lipinski definition) is 0. The summed E-state index contributed by atoms with van der Waals surface area (Å²) < 4.78 is 42.4. The summed E-state index contributed by atoms with van der Waals surface area (Å²) in [6.45, 7) is 8.29. The number of fused-ring (bicyclic) bond motifs is 1. The average Bonchev–Trinajstić information content (AvgIpc) is 3.22. The molecule has 3 aromatic rings. The van der Waals surface area contributed by atoms with Crippen molar-refractivity contribution in [1.82, 2.24) is 14.9 Å². The number of carbonyl (C=O) groups is 1. The third-order valence-corrected chi connectivity index (χ3v) is 6.45. The molecular weight excluding hydrogens is 495 g/mol. The van der Waals surface area contributed by atoms with E-state index in [9.17, 15) is 13.4 Å². The van der Waals surface area contributed by atoms with Crippen LogP contribution in [0, 0.1) is 12.7 Å². The monoisotopic (exact) mass is 528 g/mol. The molecule has 37 heavy (non-hydrogen) atoms. The molecule has 1 atom stereocenters. The smallest absolute Gasteiger partial charge is 0.410 e. The fourth-order valence-electron chi connectivity index (χ4n) is 4.35. The van der Waals surface area contributed by atoms with E-state index < -0.39 is 21.1 Å². The van der Waals surface area contributed by atoms with Gasteiger partial charge in [0.05, 0.1) is 23.4 Å². The van der Waals surface area contributed by atoms with Gasteiger partial charge in [0.25, 0.3) is 0 Å². The van der Waals surface area contributed by atoms with Gasteiger partial charge in [0, 0.05) is 58.6 Å². The van der Waals surface area contributed by atoms with Gasteiger partial charge in [-0.3, -0.25) is 0 Å². The predicted octanol–water partition coefficient (Wildman–Crippen LogP) is 5.42. The number of hydrogen-bond acceptors (Lipinski definition) is 7. The van der Waals surface area contributed by atoms with Crippen molar-refractivity contribution < 1.29 is 22.9 Å². The van der Waals surface area contributed by atoms with Gasteiger partial charge in [0.2, 0.25) is 0 Å². The maximum absolute atomic E-state index is 14.2. The van der Waals surface area contributed by atoms with Crippen LogP contribution < -0.4 is 4.74 Å². The zero-order chi connectivity index (χ0) is 27.0. The third-order valence-electron chi connectivity index (χ3n) is 5.80. The summed E-state index contributed by atoms with van der Waals surface area (Å²) in [5.74, 6) is 0.0160. The lowest BCUT2D eigenvalue weighted by atomic mass is 10.0. The zero-order valence-corrected chi connectivity index (χ0v) is 22.9. The molecule has 0 saturated carbocycles. The van der Waals surface area contributed by atoms with Crippen molar-refractivity contribution in [2.75, 3.05) is 25.6 Å². The van der Waals surface area contributed by atoms with Crippen LogP contribution in [0.15, 0.2) is 41.0 Å². The van der Waals surface area contributed by atoms with E-state index in [1.165, 1.54) is 18.5 Å². The van der Waals surface area contributed by atoms with Gasteiger partial charge in [-0.05, 0) is 51.5 Å². The second-order valence-corrected chi connectivity index (χ2v) is 13.2. The highest BCUT2D eigenvalue weighted by Gasteiger charge is 2.31. The van der Waals surface area contributed by atoms with E-state index in [2.05, 4.69) is 14.3 Å². The molecular formula is C27H33FN4O4S. The minimum Gasteiger partial charge on any atom is -0.488 e. The third kappa shape index (κ3) is 6.94. The van der Waals surface area contributed by atoms with Crippen LogP contribution >= 0.6 is 0 Å². The van der Waals surface area contributed by atoms with E-state index in [4.69, 9.17) is 9.47 Å². The summed E-state index contributed by atoms with van der Waals surface area (Å²) >= 11 is 0. The Morgan fingerprint density at radius 3 is 2.68 bits per heavy atom. The molecule has 0 aliphatic carbocycles. The van der Waals surface area contributed by atoms with Gasteiger partial charge in [0.1, 0.15) is 29.6 Å². The van der Waals surface area contributed by atoms with Gasteiger partial charge >= 0.3 is 6.09 Å². The topological polar surface area (TPSA) is 94.0 Å². The van der Waals surface area contributed by atoms with Crippen molar-refractivity contribution in [3.8, 4) is 5.75 Å². The number of aryl methyl sites for hydroxylation is 1. The SMILES string of the molecule is Cc1cc(N=S(C)(C)=O)cc2ncnc(Cc3ccc(F)cc3O[C@@H]3CCN(C(=O)OC(C)(C)C)C3)c12. The number of benzene rings is 2. The Morgan fingerprint density at radius 1 is 1.22 bits per heavy atom. The number of aromatic nitrogens is 2. The van der Waals surface area contributed by atoms with Crippen LogP contribution in [0.3, 0.4) is 0 Å². The molecule has 0 N–H and O–H groups in total. The van der Waals surface area contributed by atoms with E-state index >= 15 is 0 Å².